The van der Waals surface area contributed by atoms with Gasteiger partial charge in [0.25, 0.3) is 0 Å². The molecule has 2 aliphatic carbocycles. The molecule has 1 heterocycles. The van der Waals surface area contributed by atoms with E-state index in [2.05, 4.69) is 30.4 Å². The minimum Gasteiger partial charge on any atom is -0.507 e. The van der Waals surface area contributed by atoms with Gasteiger partial charge in [0.05, 0.1) is 17.1 Å². The van der Waals surface area contributed by atoms with Gasteiger partial charge in [0.1, 0.15) is 5.75 Å². The van der Waals surface area contributed by atoms with Crippen LogP contribution in [0.1, 0.15) is 117 Å². The molecule has 0 amide bonds. The minimum absolute atomic E-state index is 0.110. The van der Waals surface area contributed by atoms with Gasteiger partial charge in [0.2, 0.25) is 0 Å². The summed E-state index contributed by atoms with van der Waals surface area (Å²) in [5.41, 5.74) is 5.64. The van der Waals surface area contributed by atoms with E-state index in [9.17, 15) is 30.6 Å². The molecule has 4 atom stereocenters. The Morgan fingerprint density at radius 2 is 1.63 bits per heavy atom. The van der Waals surface area contributed by atoms with Crippen LogP contribution in [-0.2, 0) is 30.5 Å². The summed E-state index contributed by atoms with van der Waals surface area (Å²) in [4.78, 5) is 0. The number of fused-ring (bicyclic) bond motifs is 2. The van der Waals surface area contributed by atoms with Gasteiger partial charge in [-0.05, 0) is 122 Å². The van der Waals surface area contributed by atoms with E-state index in [0.29, 0.717) is 41.0 Å². The lowest BCUT2D eigenvalue weighted by Gasteiger charge is -2.55. The Balaban J connectivity index is 1.12. The molecule has 8 nitrogen and oxygen atoms in total. The number of aliphatic hydroxyl groups excluding tert-OH is 1. The second kappa shape index (κ2) is 16.2. The number of rotatable bonds is 12. The number of phenols is 5. The Hall–Kier alpha value is -4.24. The molecule has 7 rings (SSSR count). The van der Waals surface area contributed by atoms with Crippen molar-refractivity contribution in [2.75, 3.05) is 6.61 Å². The molecular formula is C46H57NO7. The van der Waals surface area contributed by atoms with Crippen LogP contribution in [0.5, 0.6) is 28.7 Å². The second-order valence-corrected chi connectivity index (χ2v) is 16.2. The molecule has 0 aromatic heterocycles. The van der Waals surface area contributed by atoms with E-state index in [1.807, 2.05) is 12.1 Å². The maximum atomic E-state index is 11.4. The minimum atomic E-state index is -0.350. The summed E-state index contributed by atoms with van der Waals surface area (Å²) < 4.78 is 6.72. The Bertz CT molecular complexity index is 1980. The van der Waals surface area contributed by atoms with Gasteiger partial charge in [-0.1, -0.05) is 81.2 Å². The van der Waals surface area contributed by atoms with Crippen LogP contribution in [0, 0.1) is 5.41 Å². The summed E-state index contributed by atoms with van der Waals surface area (Å²) in [6.45, 7) is 3.79. The van der Waals surface area contributed by atoms with Crippen molar-refractivity contribution in [3.63, 3.8) is 0 Å². The zero-order valence-electron chi connectivity index (χ0n) is 31.6. The van der Waals surface area contributed by atoms with Crippen molar-refractivity contribution in [1.82, 2.24) is 5.32 Å². The monoisotopic (exact) mass is 735 g/mol. The summed E-state index contributed by atoms with van der Waals surface area (Å²) in [5, 5.41) is 68.3. The molecule has 8 heteroatoms. The zero-order valence-corrected chi connectivity index (χ0v) is 31.6. The highest BCUT2D eigenvalue weighted by Crippen LogP contribution is 2.59. The van der Waals surface area contributed by atoms with Crippen molar-refractivity contribution >= 4 is 22.9 Å². The lowest BCUT2D eigenvalue weighted by Crippen LogP contribution is -2.57. The maximum absolute atomic E-state index is 11.4. The van der Waals surface area contributed by atoms with Crippen LogP contribution in [0.25, 0.3) is 22.9 Å². The average Bonchev–Trinajstić information content (AvgIpc) is 3.55. The lowest BCUT2D eigenvalue weighted by molar-refractivity contribution is -0.188. The molecule has 4 aromatic carbocycles. The number of ether oxygens (including phenoxy) is 1. The highest BCUT2D eigenvalue weighted by Gasteiger charge is 2.57. The van der Waals surface area contributed by atoms with Crippen molar-refractivity contribution < 1.29 is 35.4 Å². The van der Waals surface area contributed by atoms with Gasteiger partial charge in [-0.25, -0.2) is 0 Å². The number of aromatic hydroxyl groups is 5. The normalized spacial score (nSPS) is 24.3. The number of nitrogens with one attached hydrogen (secondary N) is 1. The van der Waals surface area contributed by atoms with Crippen molar-refractivity contribution in [3.8, 4) is 28.7 Å². The fourth-order valence-electron chi connectivity index (χ4n) is 9.94. The van der Waals surface area contributed by atoms with Gasteiger partial charge in [0, 0.05) is 30.2 Å². The SMILES string of the molecule is CCCCCc1cc(CCc2c(O)c(O)c3c(O)cccc3c2/C=C/c2ccc(O)c(O)c2)ccc1CN[C@@H]1CCO[C@@]2(CCCC[C@@]23CC[C@@H](O)C3)C1. The topological polar surface area (TPSA) is 143 Å². The first-order valence-electron chi connectivity index (χ1n) is 20.2. The number of phenolic OH excluding ortho intramolecular Hbond substituents is 5. The molecule has 0 unspecified atom stereocenters. The molecule has 3 aliphatic rings. The third-order valence-electron chi connectivity index (χ3n) is 12.9. The Morgan fingerprint density at radius 3 is 2.43 bits per heavy atom. The molecule has 288 valence electrons. The average molecular weight is 736 g/mol. The van der Waals surface area contributed by atoms with Crippen molar-refractivity contribution in [2.24, 2.45) is 5.41 Å². The zero-order chi connectivity index (χ0) is 37.9. The van der Waals surface area contributed by atoms with Gasteiger partial charge >= 0.3 is 0 Å². The van der Waals surface area contributed by atoms with E-state index in [1.54, 1.807) is 18.2 Å². The molecule has 4 aromatic rings. The highest BCUT2D eigenvalue weighted by atomic mass is 16.5. The molecule has 2 saturated carbocycles. The lowest BCUT2D eigenvalue weighted by atomic mass is 9.59. The van der Waals surface area contributed by atoms with E-state index < -0.39 is 0 Å². The fraction of sp³-hybridized carbons (Fsp3) is 0.478. The second-order valence-electron chi connectivity index (χ2n) is 16.2. The first-order chi connectivity index (χ1) is 26.1. The third kappa shape index (κ3) is 7.66. The molecule has 1 saturated heterocycles. The molecule has 0 radical (unpaired) electrons. The number of benzene rings is 4. The van der Waals surface area contributed by atoms with Crippen molar-refractivity contribution in [3.05, 3.63) is 88.0 Å². The number of aliphatic hydroxyl groups is 1. The summed E-state index contributed by atoms with van der Waals surface area (Å²) >= 11 is 0. The molecule has 0 bridgehead atoms. The summed E-state index contributed by atoms with van der Waals surface area (Å²) in [6.07, 6.45) is 18.4. The van der Waals surface area contributed by atoms with Crippen LogP contribution in [-0.4, -0.2) is 55.0 Å². The van der Waals surface area contributed by atoms with E-state index in [4.69, 9.17) is 4.74 Å². The summed E-state index contributed by atoms with van der Waals surface area (Å²) in [5.74, 6) is -1.19. The fourth-order valence-corrected chi connectivity index (χ4v) is 9.94. The third-order valence-corrected chi connectivity index (χ3v) is 12.9. The van der Waals surface area contributed by atoms with E-state index in [0.717, 1.165) is 76.5 Å². The largest absolute Gasteiger partial charge is 0.507 e. The van der Waals surface area contributed by atoms with Crippen LogP contribution in [0.15, 0.2) is 54.6 Å². The standard InChI is InChI=1S/C46H57NO7/c1-2-3-4-8-32-25-30(11-15-33(32)29-47-34-20-24-54-46(27-34)22-6-5-21-45(46)23-19-35(48)28-45)13-17-38-36(16-12-31-14-18-39(49)41(51)26-31)37-9-7-10-40(50)42(37)44(53)43(38)52/h7,9-12,14-16,18,25-26,34-35,47-53H,2-6,8,13,17,19-24,27-29H2,1H3/b16-12+/t34-,35-,45+,46+/m1/s1. The summed E-state index contributed by atoms with van der Waals surface area (Å²) in [6, 6.07) is 16.7. The van der Waals surface area contributed by atoms with Crippen LogP contribution in [0.4, 0.5) is 0 Å². The van der Waals surface area contributed by atoms with Crippen molar-refractivity contribution in [2.45, 2.75) is 128 Å². The van der Waals surface area contributed by atoms with Crippen LogP contribution in [0.3, 0.4) is 0 Å². The molecular weight excluding hydrogens is 679 g/mol. The predicted octanol–water partition coefficient (Wildman–Crippen LogP) is 9.17. The maximum Gasteiger partial charge on any atom is 0.169 e. The van der Waals surface area contributed by atoms with Gasteiger partial charge in [-0.2, -0.15) is 0 Å². The van der Waals surface area contributed by atoms with Gasteiger partial charge in [-0.3, -0.25) is 0 Å². The first-order valence-corrected chi connectivity index (χ1v) is 20.2. The highest BCUT2D eigenvalue weighted by molar-refractivity contribution is 6.03. The number of unbranched alkanes of at least 4 members (excludes halogenated alkanes) is 2. The smallest absolute Gasteiger partial charge is 0.169 e. The van der Waals surface area contributed by atoms with E-state index in [-0.39, 0.29) is 51.3 Å². The Labute approximate surface area is 319 Å². The molecule has 1 aliphatic heterocycles. The van der Waals surface area contributed by atoms with Gasteiger partial charge < -0.3 is 40.7 Å². The quantitative estimate of drug-likeness (QED) is 0.0434. The number of aryl methyl sites for hydroxylation is 2. The van der Waals surface area contributed by atoms with Crippen LogP contribution < -0.4 is 5.32 Å². The van der Waals surface area contributed by atoms with E-state index >= 15 is 0 Å². The number of hydrogen-bond donors (Lipinski definition) is 7. The van der Waals surface area contributed by atoms with E-state index in [1.165, 1.54) is 55.0 Å². The van der Waals surface area contributed by atoms with Gasteiger partial charge in [0.15, 0.2) is 23.0 Å². The molecule has 54 heavy (non-hydrogen) atoms. The van der Waals surface area contributed by atoms with Gasteiger partial charge in [-0.15, -0.1) is 0 Å². The molecule has 7 N–H and O–H groups in total. The molecule has 3 fully saturated rings. The first kappa shape index (κ1) is 38.1. The van der Waals surface area contributed by atoms with Crippen molar-refractivity contribution in [1.29, 1.82) is 0 Å². The molecule has 2 spiro atoms. The van der Waals surface area contributed by atoms with Crippen LogP contribution >= 0.6 is 0 Å². The van der Waals surface area contributed by atoms with Crippen LogP contribution in [0.2, 0.25) is 0 Å². The Morgan fingerprint density at radius 1 is 0.778 bits per heavy atom. The number of hydrogen-bond acceptors (Lipinski definition) is 8. The summed E-state index contributed by atoms with van der Waals surface area (Å²) in [7, 11) is 0. The predicted molar refractivity (Wildman–Crippen MR) is 214 cm³/mol. The Kier molecular flexibility index (Phi) is 11.4.